The minimum absolute atomic E-state index is 0.0353. The van der Waals surface area contributed by atoms with Crippen LogP contribution in [0.2, 0.25) is 0 Å². The summed E-state index contributed by atoms with van der Waals surface area (Å²) >= 11 is 0. The van der Waals surface area contributed by atoms with Crippen LogP contribution in [0.25, 0.3) is 0 Å². The lowest BCUT2D eigenvalue weighted by atomic mass is 10.2. The normalized spacial score (nSPS) is 10.2. The van der Waals surface area contributed by atoms with Crippen molar-refractivity contribution in [1.82, 2.24) is 5.32 Å². The number of amides is 1. The average molecular weight is 280 g/mol. The Morgan fingerprint density at radius 1 is 1.15 bits per heavy atom. The van der Waals surface area contributed by atoms with Gasteiger partial charge in [-0.05, 0) is 39.8 Å². The van der Waals surface area contributed by atoms with E-state index in [1.807, 2.05) is 45.9 Å². The molecular formula is C15H24N2O3. The molecule has 0 bridgehead atoms. The van der Waals surface area contributed by atoms with E-state index in [-0.39, 0.29) is 18.5 Å². The zero-order valence-electron chi connectivity index (χ0n) is 12.7. The Hall–Kier alpha value is -1.91. The summed E-state index contributed by atoms with van der Waals surface area (Å²) in [4.78, 5) is 11.6. The van der Waals surface area contributed by atoms with Gasteiger partial charge in [0.25, 0.3) is 0 Å². The molecule has 0 aliphatic carbocycles. The number of anilines is 1. The fourth-order valence-corrected chi connectivity index (χ4v) is 1.72. The van der Waals surface area contributed by atoms with Gasteiger partial charge in [-0.15, -0.1) is 0 Å². The molecule has 0 heterocycles. The number of benzene rings is 1. The van der Waals surface area contributed by atoms with Crippen LogP contribution in [0.15, 0.2) is 18.2 Å². The predicted molar refractivity (Wildman–Crippen MR) is 80.5 cm³/mol. The molecule has 20 heavy (non-hydrogen) atoms. The van der Waals surface area contributed by atoms with Crippen LogP contribution in [0.4, 0.5) is 5.69 Å². The van der Waals surface area contributed by atoms with Crippen molar-refractivity contribution in [3.8, 4) is 11.5 Å². The van der Waals surface area contributed by atoms with Gasteiger partial charge in [-0.3, -0.25) is 4.79 Å². The fraction of sp³-hybridized carbons (Fsp3) is 0.533. The van der Waals surface area contributed by atoms with Gasteiger partial charge in [0.05, 0.1) is 19.8 Å². The molecular weight excluding hydrogens is 256 g/mol. The summed E-state index contributed by atoms with van der Waals surface area (Å²) < 4.78 is 11.0. The van der Waals surface area contributed by atoms with Crippen molar-refractivity contribution in [3.05, 3.63) is 18.2 Å². The van der Waals surface area contributed by atoms with Crippen LogP contribution in [-0.4, -0.2) is 31.7 Å². The SMILES string of the molecule is CCOc1ccc(NCC(=O)NC(C)C)cc1OCC. The molecule has 0 spiro atoms. The van der Waals surface area contributed by atoms with E-state index in [0.29, 0.717) is 24.7 Å². The molecule has 0 atom stereocenters. The highest BCUT2D eigenvalue weighted by Crippen LogP contribution is 2.30. The number of nitrogens with one attached hydrogen (secondary N) is 2. The molecule has 1 aromatic rings. The highest BCUT2D eigenvalue weighted by Gasteiger charge is 2.07. The summed E-state index contributed by atoms with van der Waals surface area (Å²) in [6.07, 6.45) is 0. The lowest BCUT2D eigenvalue weighted by Gasteiger charge is -2.14. The lowest BCUT2D eigenvalue weighted by Crippen LogP contribution is -2.34. The predicted octanol–water partition coefficient (Wildman–Crippen LogP) is 2.42. The van der Waals surface area contributed by atoms with Crippen LogP contribution in [0.5, 0.6) is 11.5 Å². The summed E-state index contributed by atoms with van der Waals surface area (Å²) in [5.41, 5.74) is 0.829. The van der Waals surface area contributed by atoms with E-state index in [0.717, 1.165) is 5.69 Å². The topological polar surface area (TPSA) is 59.6 Å². The Morgan fingerprint density at radius 3 is 2.40 bits per heavy atom. The van der Waals surface area contributed by atoms with Gasteiger partial charge >= 0.3 is 0 Å². The van der Waals surface area contributed by atoms with Crippen molar-refractivity contribution in [3.63, 3.8) is 0 Å². The molecule has 0 fully saturated rings. The van der Waals surface area contributed by atoms with Crippen molar-refractivity contribution in [2.75, 3.05) is 25.1 Å². The number of ether oxygens (including phenoxy) is 2. The highest BCUT2D eigenvalue weighted by atomic mass is 16.5. The molecule has 5 heteroatoms. The molecule has 2 N–H and O–H groups in total. The van der Waals surface area contributed by atoms with Crippen LogP contribution in [-0.2, 0) is 4.79 Å². The van der Waals surface area contributed by atoms with Gasteiger partial charge in [-0.1, -0.05) is 0 Å². The first-order valence-electron chi connectivity index (χ1n) is 6.99. The number of carbonyl (C=O) groups excluding carboxylic acids is 1. The van der Waals surface area contributed by atoms with Gasteiger partial charge in [-0.25, -0.2) is 0 Å². The molecule has 0 aliphatic heterocycles. The number of hydrogen-bond acceptors (Lipinski definition) is 4. The van der Waals surface area contributed by atoms with Crippen molar-refractivity contribution in [2.24, 2.45) is 0 Å². The minimum Gasteiger partial charge on any atom is -0.490 e. The van der Waals surface area contributed by atoms with Crippen LogP contribution in [0.3, 0.4) is 0 Å². The molecule has 0 radical (unpaired) electrons. The molecule has 1 rings (SSSR count). The molecule has 112 valence electrons. The summed E-state index contributed by atoms with van der Waals surface area (Å²) in [5.74, 6) is 1.36. The van der Waals surface area contributed by atoms with Gasteiger partial charge in [0.15, 0.2) is 11.5 Å². The minimum atomic E-state index is -0.0353. The number of rotatable bonds is 8. The molecule has 0 saturated heterocycles. The second kappa shape index (κ2) is 8.30. The van der Waals surface area contributed by atoms with Gasteiger partial charge in [0.1, 0.15) is 0 Å². The van der Waals surface area contributed by atoms with E-state index >= 15 is 0 Å². The van der Waals surface area contributed by atoms with E-state index in [2.05, 4.69) is 10.6 Å². The molecule has 0 saturated carbocycles. The maximum Gasteiger partial charge on any atom is 0.239 e. The van der Waals surface area contributed by atoms with Gasteiger partial charge in [-0.2, -0.15) is 0 Å². The summed E-state index contributed by atoms with van der Waals surface area (Å²) in [6.45, 7) is 9.10. The Balaban J connectivity index is 2.66. The molecule has 0 aliphatic rings. The first-order chi connectivity index (χ1) is 9.56. The molecule has 1 amide bonds. The van der Waals surface area contributed by atoms with Gasteiger partial charge in [0, 0.05) is 17.8 Å². The van der Waals surface area contributed by atoms with E-state index < -0.39 is 0 Å². The van der Waals surface area contributed by atoms with Crippen molar-refractivity contribution >= 4 is 11.6 Å². The quantitative estimate of drug-likeness (QED) is 0.768. The Kier molecular flexibility index (Phi) is 6.70. The first-order valence-corrected chi connectivity index (χ1v) is 6.99. The number of carbonyl (C=O) groups is 1. The van der Waals surface area contributed by atoms with Crippen LogP contribution in [0, 0.1) is 0 Å². The van der Waals surface area contributed by atoms with Crippen LogP contribution >= 0.6 is 0 Å². The van der Waals surface area contributed by atoms with Crippen molar-refractivity contribution < 1.29 is 14.3 Å². The zero-order valence-corrected chi connectivity index (χ0v) is 12.7. The van der Waals surface area contributed by atoms with Crippen LogP contribution < -0.4 is 20.1 Å². The van der Waals surface area contributed by atoms with E-state index in [1.54, 1.807) is 0 Å². The standard InChI is InChI=1S/C15H24N2O3/c1-5-19-13-8-7-12(9-14(13)20-6-2)16-10-15(18)17-11(3)4/h7-9,11,16H,5-6,10H2,1-4H3,(H,17,18). The summed E-state index contributed by atoms with van der Waals surface area (Å²) in [5, 5.41) is 5.90. The lowest BCUT2D eigenvalue weighted by molar-refractivity contribution is -0.119. The third-order valence-corrected chi connectivity index (χ3v) is 2.45. The monoisotopic (exact) mass is 280 g/mol. The van der Waals surface area contributed by atoms with E-state index in [4.69, 9.17) is 9.47 Å². The zero-order chi connectivity index (χ0) is 15.0. The third-order valence-electron chi connectivity index (χ3n) is 2.45. The van der Waals surface area contributed by atoms with Crippen LogP contribution in [0.1, 0.15) is 27.7 Å². The fourth-order valence-electron chi connectivity index (χ4n) is 1.72. The number of hydrogen-bond donors (Lipinski definition) is 2. The highest BCUT2D eigenvalue weighted by molar-refractivity contribution is 5.81. The molecule has 0 aromatic heterocycles. The summed E-state index contributed by atoms with van der Waals surface area (Å²) in [7, 11) is 0. The second-order valence-corrected chi connectivity index (χ2v) is 4.60. The largest absolute Gasteiger partial charge is 0.490 e. The molecule has 1 aromatic carbocycles. The first kappa shape index (κ1) is 16.1. The second-order valence-electron chi connectivity index (χ2n) is 4.60. The van der Waals surface area contributed by atoms with Crippen molar-refractivity contribution in [2.45, 2.75) is 33.7 Å². The smallest absolute Gasteiger partial charge is 0.239 e. The Morgan fingerprint density at radius 2 is 1.80 bits per heavy atom. The Labute approximate surface area is 120 Å². The average Bonchev–Trinajstić information content (AvgIpc) is 2.39. The van der Waals surface area contributed by atoms with E-state index in [1.165, 1.54) is 0 Å². The summed E-state index contributed by atoms with van der Waals surface area (Å²) in [6, 6.07) is 5.70. The maximum atomic E-state index is 11.6. The Bertz CT molecular complexity index is 433. The maximum absolute atomic E-state index is 11.6. The van der Waals surface area contributed by atoms with Crippen molar-refractivity contribution in [1.29, 1.82) is 0 Å². The molecule has 5 nitrogen and oxygen atoms in total. The van der Waals surface area contributed by atoms with E-state index in [9.17, 15) is 4.79 Å². The molecule has 0 unspecified atom stereocenters. The van der Waals surface area contributed by atoms with Gasteiger partial charge in [0.2, 0.25) is 5.91 Å². The van der Waals surface area contributed by atoms with Gasteiger partial charge < -0.3 is 20.1 Å². The third kappa shape index (κ3) is 5.38.